The molecule has 2 rings (SSSR count). The summed E-state index contributed by atoms with van der Waals surface area (Å²) in [6, 6.07) is 13.7. The third-order valence-corrected chi connectivity index (χ3v) is 5.38. The predicted molar refractivity (Wildman–Crippen MR) is 127 cm³/mol. The molecular formula is C26H36N2O4. The van der Waals surface area contributed by atoms with E-state index in [0.717, 1.165) is 28.9 Å². The number of ether oxygens (including phenoxy) is 2. The van der Waals surface area contributed by atoms with Gasteiger partial charge in [0.2, 0.25) is 5.91 Å². The van der Waals surface area contributed by atoms with E-state index in [2.05, 4.69) is 30.8 Å². The molecule has 6 heteroatoms. The number of hydrazine groups is 1. The highest BCUT2D eigenvalue weighted by Gasteiger charge is 2.27. The van der Waals surface area contributed by atoms with Gasteiger partial charge in [0, 0.05) is 5.41 Å². The van der Waals surface area contributed by atoms with Gasteiger partial charge in [0.05, 0.1) is 6.61 Å². The van der Waals surface area contributed by atoms with Crippen LogP contribution in [0.1, 0.15) is 63.1 Å². The summed E-state index contributed by atoms with van der Waals surface area (Å²) in [5.41, 5.74) is 7.58. The van der Waals surface area contributed by atoms with Crippen molar-refractivity contribution in [2.24, 2.45) is 5.41 Å². The van der Waals surface area contributed by atoms with Crippen molar-refractivity contribution < 1.29 is 19.1 Å². The Morgan fingerprint density at radius 2 is 1.69 bits per heavy atom. The standard InChI is InChI=1S/C26H36N2O4/c1-18(2)21-10-7-8-11-22(21)32-17-24(29)27-28-25(30)26(5,6)14-9-15-31-23-16-19(3)12-13-20(23)4/h7-8,10-13,16,18H,9,14-15,17H2,1-6H3,(H,27,29)(H,28,30). The number of aryl methyl sites for hydroxylation is 2. The summed E-state index contributed by atoms with van der Waals surface area (Å²) < 4.78 is 11.5. The van der Waals surface area contributed by atoms with Crippen LogP contribution < -0.4 is 20.3 Å². The number of hydrogen-bond acceptors (Lipinski definition) is 4. The van der Waals surface area contributed by atoms with Crippen molar-refractivity contribution >= 4 is 11.8 Å². The molecular weight excluding hydrogens is 404 g/mol. The second kappa shape index (κ2) is 11.6. The summed E-state index contributed by atoms with van der Waals surface area (Å²) in [5.74, 6) is 1.17. The van der Waals surface area contributed by atoms with E-state index < -0.39 is 11.3 Å². The lowest BCUT2D eigenvalue weighted by atomic mass is 9.87. The van der Waals surface area contributed by atoms with Crippen LogP contribution in [0.15, 0.2) is 42.5 Å². The molecule has 0 aliphatic rings. The van der Waals surface area contributed by atoms with Crippen LogP contribution in [0.2, 0.25) is 0 Å². The normalized spacial score (nSPS) is 11.2. The third-order valence-electron chi connectivity index (χ3n) is 5.38. The lowest BCUT2D eigenvalue weighted by Gasteiger charge is -2.23. The first-order chi connectivity index (χ1) is 15.1. The van der Waals surface area contributed by atoms with E-state index in [1.807, 2.05) is 64.1 Å². The Bertz CT molecular complexity index is 922. The van der Waals surface area contributed by atoms with Gasteiger partial charge in [-0.25, -0.2) is 0 Å². The lowest BCUT2D eigenvalue weighted by Crippen LogP contribution is -2.49. The maximum Gasteiger partial charge on any atom is 0.276 e. The maximum absolute atomic E-state index is 12.5. The summed E-state index contributed by atoms with van der Waals surface area (Å²) in [6.45, 7) is 12.2. The van der Waals surface area contributed by atoms with Crippen molar-refractivity contribution in [3.63, 3.8) is 0 Å². The number of amides is 2. The van der Waals surface area contributed by atoms with Gasteiger partial charge >= 0.3 is 0 Å². The summed E-state index contributed by atoms with van der Waals surface area (Å²) in [5, 5.41) is 0. The Labute approximate surface area is 191 Å². The monoisotopic (exact) mass is 440 g/mol. The molecule has 2 aromatic rings. The van der Waals surface area contributed by atoms with Gasteiger partial charge < -0.3 is 9.47 Å². The first-order valence-corrected chi connectivity index (χ1v) is 11.1. The van der Waals surface area contributed by atoms with Gasteiger partial charge in [-0.3, -0.25) is 20.4 Å². The van der Waals surface area contributed by atoms with E-state index >= 15 is 0 Å². The minimum absolute atomic E-state index is 0.172. The van der Waals surface area contributed by atoms with Crippen LogP contribution in [0.3, 0.4) is 0 Å². The van der Waals surface area contributed by atoms with Gasteiger partial charge in [-0.1, -0.05) is 58.0 Å². The molecule has 6 nitrogen and oxygen atoms in total. The van der Waals surface area contributed by atoms with Crippen molar-refractivity contribution in [2.75, 3.05) is 13.2 Å². The molecule has 2 N–H and O–H groups in total. The Morgan fingerprint density at radius 1 is 0.969 bits per heavy atom. The molecule has 0 fully saturated rings. The number of benzene rings is 2. The van der Waals surface area contributed by atoms with Crippen LogP contribution in [0, 0.1) is 19.3 Å². The van der Waals surface area contributed by atoms with Crippen molar-refractivity contribution in [2.45, 2.75) is 60.3 Å². The molecule has 0 bridgehead atoms. The Balaban J connectivity index is 1.74. The van der Waals surface area contributed by atoms with Gasteiger partial charge in [0.25, 0.3) is 5.91 Å². The summed E-state index contributed by atoms with van der Waals surface area (Å²) in [4.78, 5) is 24.7. The van der Waals surface area contributed by atoms with Crippen LogP contribution in [0.25, 0.3) is 0 Å². The summed E-state index contributed by atoms with van der Waals surface area (Å²) in [7, 11) is 0. The van der Waals surface area contributed by atoms with Crippen molar-refractivity contribution in [1.82, 2.24) is 10.9 Å². The molecule has 0 unspecified atom stereocenters. The van der Waals surface area contributed by atoms with Gasteiger partial charge in [-0.15, -0.1) is 0 Å². The van der Waals surface area contributed by atoms with Gasteiger partial charge in [0.15, 0.2) is 6.61 Å². The molecule has 0 aliphatic heterocycles. The third kappa shape index (κ3) is 7.59. The molecule has 0 aliphatic carbocycles. The molecule has 0 atom stereocenters. The van der Waals surface area contributed by atoms with Crippen LogP contribution in [0.4, 0.5) is 0 Å². The lowest BCUT2D eigenvalue weighted by molar-refractivity contribution is -0.135. The predicted octanol–water partition coefficient (Wildman–Crippen LogP) is 4.84. The zero-order chi connectivity index (χ0) is 23.7. The fourth-order valence-electron chi connectivity index (χ4n) is 3.24. The first-order valence-electron chi connectivity index (χ1n) is 11.1. The Hall–Kier alpha value is -3.02. The fourth-order valence-corrected chi connectivity index (χ4v) is 3.24. The van der Waals surface area contributed by atoms with Crippen molar-refractivity contribution in [3.8, 4) is 11.5 Å². The number of nitrogens with one attached hydrogen (secondary N) is 2. The smallest absolute Gasteiger partial charge is 0.276 e. The quantitative estimate of drug-likeness (QED) is 0.409. The largest absolute Gasteiger partial charge is 0.493 e. The molecule has 2 aromatic carbocycles. The average Bonchev–Trinajstić information content (AvgIpc) is 2.75. The van der Waals surface area contributed by atoms with Crippen LogP contribution in [-0.4, -0.2) is 25.0 Å². The van der Waals surface area contributed by atoms with Crippen molar-refractivity contribution in [1.29, 1.82) is 0 Å². The SMILES string of the molecule is Cc1ccc(C)c(OCCCC(C)(C)C(=O)NNC(=O)COc2ccccc2C(C)C)c1. The number of para-hydroxylation sites is 1. The molecule has 0 heterocycles. The number of hydrogen-bond donors (Lipinski definition) is 2. The highest BCUT2D eigenvalue weighted by molar-refractivity contribution is 5.85. The first kappa shape index (κ1) is 25.2. The van der Waals surface area contributed by atoms with E-state index in [1.54, 1.807) is 0 Å². The zero-order valence-corrected chi connectivity index (χ0v) is 20.1. The van der Waals surface area contributed by atoms with Gasteiger partial charge in [0.1, 0.15) is 11.5 Å². The number of carbonyl (C=O) groups excluding carboxylic acids is 2. The van der Waals surface area contributed by atoms with E-state index in [4.69, 9.17) is 9.47 Å². The second-order valence-corrected chi connectivity index (χ2v) is 9.09. The molecule has 0 radical (unpaired) electrons. The van der Waals surface area contributed by atoms with E-state index in [9.17, 15) is 9.59 Å². The van der Waals surface area contributed by atoms with Crippen LogP contribution >= 0.6 is 0 Å². The minimum Gasteiger partial charge on any atom is -0.493 e. The molecule has 174 valence electrons. The Morgan fingerprint density at radius 3 is 2.41 bits per heavy atom. The average molecular weight is 441 g/mol. The molecule has 32 heavy (non-hydrogen) atoms. The summed E-state index contributed by atoms with van der Waals surface area (Å²) in [6.07, 6.45) is 1.34. The van der Waals surface area contributed by atoms with Gasteiger partial charge in [-0.2, -0.15) is 0 Å². The molecule has 0 aromatic heterocycles. The molecule has 0 saturated heterocycles. The van der Waals surface area contributed by atoms with Crippen LogP contribution in [0.5, 0.6) is 11.5 Å². The highest BCUT2D eigenvalue weighted by atomic mass is 16.5. The minimum atomic E-state index is -0.649. The topological polar surface area (TPSA) is 76.7 Å². The molecule has 2 amide bonds. The summed E-state index contributed by atoms with van der Waals surface area (Å²) >= 11 is 0. The molecule has 0 spiro atoms. The van der Waals surface area contributed by atoms with Gasteiger partial charge in [-0.05, 0) is 61.4 Å². The van der Waals surface area contributed by atoms with Crippen molar-refractivity contribution in [3.05, 3.63) is 59.2 Å². The van der Waals surface area contributed by atoms with Crippen LogP contribution in [-0.2, 0) is 9.59 Å². The van der Waals surface area contributed by atoms with E-state index in [1.165, 1.54) is 0 Å². The fraction of sp³-hybridized carbons (Fsp3) is 0.462. The Kier molecular flexibility index (Phi) is 9.12. The second-order valence-electron chi connectivity index (χ2n) is 9.09. The van der Waals surface area contributed by atoms with E-state index in [-0.39, 0.29) is 18.4 Å². The van der Waals surface area contributed by atoms with E-state index in [0.29, 0.717) is 18.8 Å². The maximum atomic E-state index is 12.5. The number of rotatable bonds is 10. The molecule has 0 saturated carbocycles. The highest BCUT2D eigenvalue weighted by Crippen LogP contribution is 2.26. The zero-order valence-electron chi connectivity index (χ0n) is 20.1. The number of carbonyl (C=O) groups is 2.